The van der Waals surface area contributed by atoms with Gasteiger partial charge in [0.1, 0.15) is 11.5 Å². The van der Waals surface area contributed by atoms with Gasteiger partial charge in [-0.2, -0.15) is 8.96 Å². The standard InChI is InChI=1S/C28H33N3O5S2/c1-16-13-29-22(18(3)17(16)2)14-37(33)25-30-21-8-7-20(36-6)12-23(21)31(25)38(34,35)15-28-24(32)11-19-9-10-27(19,28)26(28,4)5/h7-8,12-13,19H,9-11,14-15H2,1-6H3/t19?,27?,28?,37-/m0/s1. The number of Topliss-reactive ketones (excluding diaryl/α,β-unsaturated/α-hetero) is 1. The Morgan fingerprint density at radius 1 is 1.21 bits per heavy atom. The number of hydrogen-bond acceptors (Lipinski definition) is 7. The first-order valence-electron chi connectivity index (χ1n) is 13.0. The van der Waals surface area contributed by atoms with E-state index in [-0.39, 0.29) is 39.2 Å². The first-order valence-corrected chi connectivity index (χ1v) is 15.9. The number of benzene rings is 1. The second-order valence-corrected chi connectivity index (χ2v) is 14.9. The van der Waals surface area contributed by atoms with Gasteiger partial charge in [-0.1, -0.05) is 13.8 Å². The molecule has 0 N–H and O–H groups in total. The summed E-state index contributed by atoms with van der Waals surface area (Å²) in [5.41, 5.74) is 2.82. The molecule has 0 bridgehead atoms. The summed E-state index contributed by atoms with van der Waals surface area (Å²) >= 11 is -1.81. The third kappa shape index (κ3) is 3.02. The highest BCUT2D eigenvalue weighted by molar-refractivity contribution is 7.93. The Balaban J connectivity index is 1.47. The molecule has 3 fully saturated rings. The molecular formula is C28H33N3O5S2. The smallest absolute Gasteiger partial charge is 0.338 e. The van der Waals surface area contributed by atoms with E-state index in [2.05, 4.69) is 9.97 Å². The van der Waals surface area contributed by atoms with Gasteiger partial charge in [-0.3, -0.25) is 9.78 Å². The van der Waals surface area contributed by atoms with Crippen LogP contribution < -0.4 is 4.74 Å². The Morgan fingerprint density at radius 3 is 2.58 bits per heavy atom. The maximum absolute atomic E-state index is 14.3. The summed E-state index contributed by atoms with van der Waals surface area (Å²) in [6, 6.07) is 4.98. The highest BCUT2D eigenvalue weighted by Crippen LogP contribution is 2.91. The third-order valence-electron chi connectivity index (χ3n) is 10.3. The summed E-state index contributed by atoms with van der Waals surface area (Å²) in [4.78, 5) is 22.4. The number of rotatable bonds is 7. The van der Waals surface area contributed by atoms with Crippen molar-refractivity contribution < 1.29 is 22.5 Å². The lowest BCUT2D eigenvalue weighted by Gasteiger charge is -2.37. The number of aryl methyl sites for hydroxylation is 1. The fourth-order valence-electron chi connectivity index (χ4n) is 7.88. The van der Waals surface area contributed by atoms with Gasteiger partial charge in [0.2, 0.25) is 10.0 Å². The van der Waals surface area contributed by atoms with Crippen LogP contribution in [-0.4, -0.2) is 45.6 Å². The van der Waals surface area contributed by atoms with Gasteiger partial charge in [-0.15, -0.1) is 0 Å². The molecule has 0 saturated heterocycles. The maximum atomic E-state index is 14.3. The van der Waals surface area contributed by atoms with Crippen LogP contribution in [0.1, 0.15) is 55.5 Å². The fourth-order valence-corrected chi connectivity index (χ4v) is 11.8. The van der Waals surface area contributed by atoms with Crippen LogP contribution in [0.5, 0.6) is 5.75 Å². The SMILES string of the molecule is COc1ccc2nc([S@@+]([O-])Cc3ncc(C)c(C)c3C)n(S(=O)(=O)CC34C(=O)CC5CCC53C4(C)C)c2c1. The Hall–Kier alpha value is -2.43. The highest BCUT2D eigenvalue weighted by atomic mass is 32.2. The summed E-state index contributed by atoms with van der Waals surface area (Å²) in [7, 11) is -2.62. The number of carbonyl (C=O) groups is 1. The van der Waals surface area contributed by atoms with E-state index < -0.39 is 26.6 Å². The summed E-state index contributed by atoms with van der Waals surface area (Å²) in [5, 5.41) is -0.0489. The summed E-state index contributed by atoms with van der Waals surface area (Å²) in [5.74, 6) is 0.497. The minimum absolute atomic E-state index is 0.0323. The molecule has 202 valence electrons. The third-order valence-corrected chi connectivity index (χ3v) is 13.4. The van der Waals surface area contributed by atoms with Gasteiger partial charge in [0.25, 0.3) is 0 Å². The van der Waals surface area contributed by atoms with Gasteiger partial charge in [0.15, 0.2) is 5.75 Å². The number of ether oxygens (including phenoxy) is 1. The number of imidazole rings is 1. The molecular weight excluding hydrogens is 522 g/mol. The molecule has 0 amide bonds. The van der Waals surface area contributed by atoms with Crippen molar-refractivity contribution in [2.75, 3.05) is 12.9 Å². The minimum atomic E-state index is -4.13. The largest absolute Gasteiger partial charge is 0.609 e. The van der Waals surface area contributed by atoms with E-state index in [1.165, 1.54) is 7.11 Å². The van der Waals surface area contributed by atoms with E-state index in [0.717, 1.165) is 33.5 Å². The molecule has 3 aliphatic carbocycles. The van der Waals surface area contributed by atoms with E-state index in [1.54, 1.807) is 24.4 Å². The lowest BCUT2D eigenvalue weighted by molar-refractivity contribution is -0.123. The minimum Gasteiger partial charge on any atom is -0.609 e. The van der Waals surface area contributed by atoms with E-state index in [9.17, 15) is 17.8 Å². The van der Waals surface area contributed by atoms with Gasteiger partial charge < -0.3 is 9.29 Å². The molecule has 1 spiro atoms. The van der Waals surface area contributed by atoms with Crippen molar-refractivity contribution in [3.63, 3.8) is 0 Å². The van der Waals surface area contributed by atoms with Gasteiger partial charge in [-0.05, 0) is 79.2 Å². The van der Waals surface area contributed by atoms with Crippen LogP contribution in [0.25, 0.3) is 11.0 Å². The lowest BCUT2D eigenvalue weighted by atomic mass is 9.66. The number of ketones is 1. The Kier molecular flexibility index (Phi) is 5.47. The monoisotopic (exact) mass is 555 g/mol. The van der Waals surface area contributed by atoms with Crippen LogP contribution in [0, 0.1) is 42.9 Å². The van der Waals surface area contributed by atoms with Crippen molar-refractivity contribution in [2.45, 2.75) is 64.8 Å². The van der Waals surface area contributed by atoms with Gasteiger partial charge in [0, 0.05) is 29.9 Å². The second-order valence-electron chi connectivity index (χ2n) is 11.8. The van der Waals surface area contributed by atoms with E-state index in [4.69, 9.17) is 4.74 Å². The molecule has 2 aromatic heterocycles. The van der Waals surface area contributed by atoms with Crippen molar-refractivity contribution >= 4 is 38.0 Å². The Bertz CT molecular complexity index is 1630. The summed E-state index contributed by atoms with van der Waals surface area (Å²) < 4.78 is 49.0. The van der Waals surface area contributed by atoms with E-state index in [0.29, 0.717) is 28.9 Å². The molecule has 0 radical (unpaired) electrons. The Labute approximate surface area is 226 Å². The lowest BCUT2D eigenvalue weighted by Crippen LogP contribution is -2.34. The summed E-state index contributed by atoms with van der Waals surface area (Å²) in [6.07, 6.45) is 4.04. The van der Waals surface area contributed by atoms with Crippen molar-refractivity contribution in [2.24, 2.45) is 22.2 Å². The molecule has 6 rings (SSSR count). The highest BCUT2D eigenvalue weighted by Gasteiger charge is 2.92. The molecule has 10 heteroatoms. The fraction of sp³-hybridized carbons (Fsp3) is 0.536. The zero-order chi connectivity index (χ0) is 27.4. The molecule has 3 aromatic rings. The maximum Gasteiger partial charge on any atom is 0.338 e. The van der Waals surface area contributed by atoms with E-state index in [1.807, 2.05) is 34.6 Å². The van der Waals surface area contributed by atoms with E-state index >= 15 is 0 Å². The van der Waals surface area contributed by atoms with Gasteiger partial charge >= 0.3 is 5.16 Å². The van der Waals surface area contributed by atoms with Gasteiger partial charge in [0.05, 0.1) is 35.0 Å². The second kappa shape index (κ2) is 8.05. The first kappa shape index (κ1) is 25.8. The number of hydrogen-bond donors (Lipinski definition) is 0. The molecule has 3 saturated carbocycles. The normalized spacial score (nSPS) is 28.1. The number of aromatic nitrogens is 3. The zero-order valence-corrected chi connectivity index (χ0v) is 24.3. The van der Waals surface area contributed by atoms with Crippen molar-refractivity contribution in [3.05, 3.63) is 46.8 Å². The predicted octanol–water partition coefficient (Wildman–Crippen LogP) is 4.25. The topological polar surface area (TPSA) is 114 Å². The van der Waals surface area contributed by atoms with Crippen LogP contribution in [0.2, 0.25) is 0 Å². The summed E-state index contributed by atoms with van der Waals surface area (Å²) in [6.45, 7) is 9.96. The molecule has 3 unspecified atom stereocenters. The number of methoxy groups -OCH3 is 1. The quantitative estimate of drug-likeness (QED) is 0.401. The van der Waals surface area contributed by atoms with Crippen LogP contribution in [-0.2, 0) is 31.7 Å². The van der Waals surface area contributed by atoms with Crippen LogP contribution in [0.4, 0.5) is 0 Å². The number of pyridine rings is 1. The average Bonchev–Trinajstić information content (AvgIpc) is 3.07. The van der Waals surface area contributed by atoms with Crippen molar-refractivity contribution in [1.29, 1.82) is 0 Å². The van der Waals surface area contributed by atoms with Crippen molar-refractivity contribution in [1.82, 2.24) is 13.9 Å². The van der Waals surface area contributed by atoms with Crippen LogP contribution in [0.3, 0.4) is 0 Å². The van der Waals surface area contributed by atoms with Crippen LogP contribution >= 0.6 is 0 Å². The number of nitrogens with zero attached hydrogens (tertiary/aromatic N) is 3. The number of carbonyl (C=O) groups excluding carboxylic acids is 1. The molecule has 2 heterocycles. The molecule has 8 nitrogen and oxygen atoms in total. The van der Waals surface area contributed by atoms with Crippen LogP contribution in [0.15, 0.2) is 29.6 Å². The van der Waals surface area contributed by atoms with Gasteiger partial charge in [-0.25, -0.2) is 8.42 Å². The zero-order valence-electron chi connectivity index (χ0n) is 22.6. The number of fused-ring (bicyclic) bond motifs is 1. The average molecular weight is 556 g/mol. The molecule has 0 aliphatic heterocycles. The molecule has 38 heavy (non-hydrogen) atoms. The molecule has 4 atom stereocenters. The molecule has 3 aliphatic rings. The Morgan fingerprint density at radius 2 is 1.95 bits per heavy atom. The van der Waals surface area contributed by atoms with Crippen molar-refractivity contribution in [3.8, 4) is 5.75 Å². The predicted molar refractivity (Wildman–Crippen MR) is 145 cm³/mol. The molecule has 1 aromatic carbocycles. The first-order chi connectivity index (χ1) is 17.8.